The van der Waals surface area contributed by atoms with Gasteiger partial charge in [-0.3, -0.25) is 9.69 Å². The Hall–Kier alpha value is -4.13. The number of fused-ring (bicyclic) bond motifs is 1. The third-order valence-corrected chi connectivity index (χ3v) is 11.6. The van der Waals surface area contributed by atoms with E-state index in [1.165, 1.54) is 31.7 Å². The molecule has 3 aromatic rings. The number of piperidine rings is 2. The van der Waals surface area contributed by atoms with Gasteiger partial charge < -0.3 is 26.0 Å². The summed E-state index contributed by atoms with van der Waals surface area (Å²) in [6.45, 7) is 11.9. The Bertz CT molecular complexity index is 1780. The monoisotopic (exact) mass is 751 g/mol. The molecule has 3 heterocycles. The van der Waals surface area contributed by atoms with Crippen molar-refractivity contribution < 1.29 is 27.5 Å². The fraction of sp³-hybridized carbons (Fsp3) is 0.610. The lowest BCUT2D eigenvalue weighted by Crippen LogP contribution is -2.46. The van der Waals surface area contributed by atoms with E-state index in [0.717, 1.165) is 86.9 Å². The van der Waals surface area contributed by atoms with Gasteiger partial charge >= 0.3 is 12.3 Å². The lowest BCUT2D eigenvalue weighted by atomic mass is 9.65. The third kappa shape index (κ3) is 10.3. The molecule has 3 fully saturated rings. The highest BCUT2D eigenvalue weighted by Gasteiger charge is 2.39. The molecule has 0 unspecified atom stereocenters. The number of nitrogens with two attached hydrogens (primary N) is 1. The molecule has 2 aromatic carbocycles. The smallest absolute Gasteiger partial charge is 0.416 e. The number of carbonyl (C=O) groups is 2. The van der Waals surface area contributed by atoms with Gasteiger partial charge in [-0.1, -0.05) is 6.07 Å². The quantitative estimate of drug-likeness (QED) is 0.188. The predicted molar refractivity (Wildman–Crippen MR) is 205 cm³/mol. The lowest BCUT2D eigenvalue weighted by Gasteiger charge is -2.46. The molecule has 4 N–H and O–H groups in total. The topological polar surface area (TPSA) is 126 Å². The largest absolute Gasteiger partial charge is 0.444 e. The summed E-state index contributed by atoms with van der Waals surface area (Å²) < 4.78 is 45.7. The van der Waals surface area contributed by atoms with Crippen LogP contribution in [0.1, 0.15) is 107 Å². The number of nitrogens with zero attached hydrogens (tertiary/aromatic N) is 4. The van der Waals surface area contributed by atoms with E-state index >= 15 is 0 Å². The van der Waals surface area contributed by atoms with Crippen molar-refractivity contribution in [2.45, 2.75) is 110 Å². The normalized spacial score (nSPS) is 18.9. The van der Waals surface area contributed by atoms with Crippen LogP contribution in [-0.2, 0) is 22.3 Å². The van der Waals surface area contributed by atoms with Crippen LogP contribution in [0.3, 0.4) is 0 Å². The van der Waals surface area contributed by atoms with E-state index in [1.54, 1.807) is 6.92 Å². The molecule has 2 saturated heterocycles. The molecule has 1 saturated carbocycles. The maximum Gasteiger partial charge on any atom is 0.416 e. The number of carbonyl (C=O) groups excluding carboxylic acids is 2. The van der Waals surface area contributed by atoms with Crippen LogP contribution >= 0.6 is 0 Å². The number of likely N-dealkylation sites (tertiary alicyclic amines) is 2. The van der Waals surface area contributed by atoms with Crippen LogP contribution in [0.15, 0.2) is 36.4 Å². The van der Waals surface area contributed by atoms with Crippen LogP contribution in [0.25, 0.3) is 10.9 Å². The second-order valence-corrected chi connectivity index (χ2v) is 16.8. The van der Waals surface area contributed by atoms with Gasteiger partial charge in [0.1, 0.15) is 17.2 Å². The summed E-state index contributed by atoms with van der Waals surface area (Å²) >= 11 is 0. The van der Waals surface area contributed by atoms with Gasteiger partial charge in [-0.05, 0) is 157 Å². The van der Waals surface area contributed by atoms with E-state index in [0.29, 0.717) is 47.5 Å². The number of aryl methyl sites for hydroxylation is 1. The highest BCUT2D eigenvalue weighted by molar-refractivity contribution is 5.89. The number of aromatic nitrogens is 2. The van der Waals surface area contributed by atoms with E-state index in [-0.39, 0.29) is 24.2 Å². The van der Waals surface area contributed by atoms with Gasteiger partial charge in [0.2, 0.25) is 5.91 Å². The summed E-state index contributed by atoms with van der Waals surface area (Å²) in [7, 11) is 0. The molecule has 0 radical (unpaired) electrons. The number of hydrogen-bond acceptors (Lipinski definition) is 8. The first-order valence-corrected chi connectivity index (χ1v) is 19.5. The molecule has 0 bridgehead atoms. The molecule has 294 valence electrons. The maximum atomic E-state index is 13.4. The summed E-state index contributed by atoms with van der Waals surface area (Å²) in [5, 5.41) is 7.22. The van der Waals surface area contributed by atoms with Crippen molar-refractivity contribution in [3.05, 3.63) is 58.9 Å². The zero-order valence-electron chi connectivity index (χ0n) is 32.2. The standard InChI is InChI=1S/C41H56F3N7O3/c1-27-48-35-6-5-31(23-34(35)37(49-27)47-25-29-21-32(41(42,43)44)24-33(45)22-29)30-10-17-50(18-11-30)26-36(52)46-16-9-28-7-12-40(13-8-28)14-19-51(20-15-40)38(53)54-39(2,3)4/h5-6,21-24,28,30H,7-20,25-26,45H2,1-4H3,(H,46,52)(H,47,48,49). The molecule has 13 heteroatoms. The number of hydrogen-bond donors (Lipinski definition) is 3. The third-order valence-electron chi connectivity index (χ3n) is 11.6. The maximum absolute atomic E-state index is 13.4. The first kappa shape index (κ1) is 39.6. The number of rotatable bonds is 9. The molecule has 2 aliphatic heterocycles. The Kier molecular flexibility index (Phi) is 11.9. The van der Waals surface area contributed by atoms with E-state index in [4.69, 9.17) is 10.5 Å². The van der Waals surface area contributed by atoms with Crippen LogP contribution in [0, 0.1) is 18.3 Å². The molecule has 1 aliphatic carbocycles. The number of benzene rings is 2. The van der Waals surface area contributed by atoms with Gasteiger partial charge in [-0.15, -0.1) is 0 Å². The van der Waals surface area contributed by atoms with E-state index in [2.05, 4.69) is 37.6 Å². The number of ether oxygens (including phenoxy) is 1. The van der Waals surface area contributed by atoms with Gasteiger partial charge in [-0.2, -0.15) is 13.2 Å². The van der Waals surface area contributed by atoms with Gasteiger partial charge in [0.15, 0.2) is 0 Å². The van der Waals surface area contributed by atoms with Crippen LogP contribution in [-0.4, -0.2) is 76.6 Å². The van der Waals surface area contributed by atoms with Gasteiger partial charge in [0.25, 0.3) is 0 Å². The summed E-state index contributed by atoms with van der Waals surface area (Å²) in [6, 6.07) is 9.74. The van der Waals surface area contributed by atoms with Crippen LogP contribution in [0.2, 0.25) is 0 Å². The molecule has 3 aliphatic rings. The zero-order chi connectivity index (χ0) is 38.7. The summed E-state index contributed by atoms with van der Waals surface area (Å²) in [5.41, 5.74) is 7.26. The number of halogens is 3. The molecule has 0 atom stereocenters. The fourth-order valence-corrected chi connectivity index (χ4v) is 8.49. The van der Waals surface area contributed by atoms with Crippen molar-refractivity contribution >= 4 is 34.4 Å². The first-order chi connectivity index (χ1) is 25.5. The molecular formula is C41H56F3N7O3. The average molecular weight is 752 g/mol. The summed E-state index contributed by atoms with van der Waals surface area (Å²) in [5.74, 6) is 2.14. The second kappa shape index (κ2) is 16.3. The predicted octanol–water partition coefficient (Wildman–Crippen LogP) is 8.04. The Balaban J connectivity index is 0.929. The van der Waals surface area contributed by atoms with Crippen molar-refractivity contribution in [1.82, 2.24) is 25.1 Å². The molecule has 1 aromatic heterocycles. The Morgan fingerprint density at radius 2 is 1.65 bits per heavy atom. The fourth-order valence-electron chi connectivity index (χ4n) is 8.49. The Morgan fingerprint density at radius 3 is 2.31 bits per heavy atom. The number of nitrogen functional groups attached to an aromatic ring is 1. The Labute approximate surface area is 316 Å². The molecule has 6 rings (SSSR count). The first-order valence-electron chi connectivity index (χ1n) is 19.5. The minimum atomic E-state index is -4.48. The van der Waals surface area contributed by atoms with Crippen LogP contribution in [0.4, 0.5) is 29.5 Å². The molecule has 2 amide bonds. The zero-order valence-corrected chi connectivity index (χ0v) is 32.2. The van der Waals surface area contributed by atoms with E-state index < -0.39 is 17.3 Å². The SMILES string of the molecule is Cc1nc(NCc2cc(N)cc(C(F)(F)F)c2)c2cc(C3CCN(CC(=O)NCCC4CCC5(CC4)CCN(C(=O)OC(C)(C)C)CC5)CC3)ccc2n1. The minimum Gasteiger partial charge on any atom is -0.444 e. The van der Waals surface area contributed by atoms with Crippen molar-refractivity contribution in [3.63, 3.8) is 0 Å². The minimum absolute atomic E-state index is 0.0564. The average Bonchev–Trinajstić information content (AvgIpc) is 3.10. The van der Waals surface area contributed by atoms with Crippen molar-refractivity contribution in [1.29, 1.82) is 0 Å². The number of anilines is 2. The van der Waals surface area contributed by atoms with Crippen molar-refractivity contribution in [2.75, 3.05) is 50.3 Å². The summed E-state index contributed by atoms with van der Waals surface area (Å²) in [6.07, 6.45) is 4.99. The van der Waals surface area contributed by atoms with Gasteiger partial charge in [-0.25, -0.2) is 14.8 Å². The Morgan fingerprint density at radius 1 is 0.944 bits per heavy atom. The van der Waals surface area contributed by atoms with Gasteiger partial charge in [0.05, 0.1) is 17.6 Å². The lowest BCUT2D eigenvalue weighted by molar-refractivity contribution is -0.137. The second-order valence-electron chi connectivity index (χ2n) is 16.8. The number of alkyl halides is 3. The van der Waals surface area contributed by atoms with Crippen molar-refractivity contribution in [3.8, 4) is 0 Å². The van der Waals surface area contributed by atoms with Crippen LogP contribution in [0.5, 0.6) is 0 Å². The number of amides is 2. The van der Waals surface area contributed by atoms with E-state index in [9.17, 15) is 22.8 Å². The highest BCUT2D eigenvalue weighted by atomic mass is 19.4. The molecular weight excluding hydrogens is 695 g/mol. The molecule has 54 heavy (non-hydrogen) atoms. The van der Waals surface area contributed by atoms with Crippen LogP contribution < -0.4 is 16.4 Å². The van der Waals surface area contributed by atoms with E-state index in [1.807, 2.05) is 31.7 Å². The highest BCUT2D eigenvalue weighted by Crippen LogP contribution is 2.47. The molecule has 1 spiro atoms. The number of nitrogens with one attached hydrogen (secondary N) is 2. The van der Waals surface area contributed by atoms with Gasteiger partial charge in [0, 0.05) is 37.3 Å². The van der Waals surface area contributed by atoms with Crippen molar-refractivity contribution in [2.24, 2.45) is 11.3 Å². The summed E-state index contributed by atoms with van der Waals surface area (Å²) in [4.78, 5) is 38.7. The molecule has 10 nitrogen and oxygen atoms in total.